The van der Waals surface area contributed by atoms with Crippen LogP contribution >= 0.6 is 0 Å². The van der Waals surface area contributed by atoms with Crippen LogP contribution in [0.2, 0.25) is 0 Å². The van der Waals surface area contributed by atoms with Crippen molar-refractivity contribution < 1.29 is 18.6 Å². The minimum atomic E-state index is -0.00841. The highest BCUT2D eigenvalue weighted by Gasteiger charge is 2.32. The lowest BCUT2D eigenvalue weighted by atomic mass is 10.1. The lowest BCUT2D eigenvalue weighted by Gasteiger charge is -2.27. The van der Waals surface area contributed by atoms with E-state index < -0.39 is 0 Å². The summed E-state index contributed by atoms with van der Waals surface area (Å²) in [5, 5.41) is 7.94. The lowest BCUT2D eigenvalue weighted by molar-refractivity contribution is -0.133. The van der Waals surface area contributed by atoms with E-state index in [1.165, 1.54) is 0 Å². The van der Waals surface area contributed by atoms with Gasteiger partial charge in [-0.3, -0.25) is 9.59 Å². The number of amides is 2. The van der Waals surface area contributed by atoms with Gasteiger partial charge in [0.25, 0.3) is 0 Å². The van der Waals surface area contributed by atoms with Gasteiger partial charge in [-0.2, -0.15) is 4.98 Å². The van der Waals surface area contributed by atoms with Gasteiger partial charge < -0.3 is 18.8 Å². The monoisotopic (exact) mass is 417 g/mol. The van der Waals surface area contributed by atoms with Crippen LogP contribution in [0.15, 0.2) is 9.05 Å². The minimum absolute atomic E-state index is 0.00171. The van der Waals surface area contributed by atoms with Crippen LogP contribution < -0.4 is 0 Å². The lowest BCUT2D eigenvalue weighted by Crippen LogP contribution is -2.43. The van der Waals surface area contributed by atoms with Crippen LogP contribution in [0.25, 0.3) is 0 Å². The van der Waals surface area contributed by atoms with Crippen LogP contribution in [0, 0.1) is 19.8 Å². The Labute approximate surface area is 176 Å². The molecule has 1 saturated heterocycles. The summed E-state index contributed by atoms with van der Waals surface area (Å²) in [4.78, 5) is 33.1. The van der Waals surface area contributed by atoms with Crippen molar-refractivity contribution in [2.24, 2.45) is 5.92 Å². The predicted molar refractivity (Wildman–Crippen MR) is 109 cm³/mol. The summed E-state index contributed by atoms with van der Waals surface area (Å²) in [6.07, 6.45) is 2.31. The maximum absolute atomic E-state index is 12.7. The average Bonchev–Trinajstić information content (AvgIpc) is 3.39. The van der Waals surface area contributed by atoms with E-state index in [-0.39, 0.29) is 24.3 Å². The van der Waals surface area contributed by atoms with Gasteiger partial charge in [0.15, 0.2) is 5.82 Å². The molecule has 0 aromatic carbocycles. The highest BCUT2D eigenvalue weighted by atomic mass is 16.5. The molecule has 0 radical (unpaired) electrons. The van der Waals surface area contributed by atoms with Crippen LogP contribution in [-0.2, 0) is 28.9 Å². The molecule has 2 aromatic heterocycles. The third-order valence-electron chi connectivity index (χ3n) is 5.54. The van der Waals surface area contributed by atoms with Gasteiger partial charge in [0.1, 0.15) is 5.76 Å². The smallest absolute Gasteiger partial charge is 0.227 e. The molecule has 30 heavy (non-hydrogen) atoms. The van der Waals surface area contributed by atoms with Crippen molar-refractivity contribution in [2.75, 3.05) is 19.6 Å². The van der Waals surface area contributed by atoms with Gasteiger partial charge in [-0.15, -0.1) is 0 Å². The van der Waals surface area contributed by atoms with Crippen molar-refractivity contribution in [3.8, 4) is 0 Å². The van der Waals surface area contributed by atoms with Crippen LogP contribution in [0.1, 0.15) is 55.9 Å². The molecule has 0 bridgehead atoms. The molecule has 1 aliphatic heterocycles. The normalized spacial score (nSPS) is 16.5. The van der Waals surface area contributed by atoms with Crippen molar-refractivity contribution >= 4 is 11.8 Å². The van der Waals surface area contributed by atoms with Crippen molar-refractivity contribution in [3.63, 3.8) is 0 Å². The zero-order valence-electron chi connectivity index (χ0n) is 18.5. The summed E-state index contributed by atoms with van der Waals surface area (Å²) < 4.78 is 10.4. The Hall–Kier alpha value is -2.71. The zero-order chi connectivity index (χ0) is 21.8. The zero-order valence-corrected chi connectivity index (χ0v) is 18.5. The fourth-order valence-electron chi connectivity index (χ4n) is 3.88. The molecule has 0 saturated carbocycles. The quantitative estimate of drug-likeness (QED) is 0.647. The molecular formula is C21H31N5O4. The summed E-state index contributed by atoms with van der Waals surface area (Å²) in [5.74, 6) is 2.39. The molecule has 3 rings (SSSR count). The second-order valence-electron chi connectivity index (χ2n) is 8.43. The van der Waals surface area contributed by atoms with Crippen LogP contribution in [0.4, 0.5) is 0 Å². The van der Waals surface area contributed by atoms with E-state index in [4.69, 9.17) is 9.05 Å². The Bertz CT molecular complexity index is 868. The molecule has 9 nitrogen and oxygen atoms in total. The van der Waals surface area contributed by atoms with E-state index >= 15 is 0 Å². The van der Waals surface area contributed by atoms with Crippen molar-refractivity contribution in [1.82, 2.24) is 25.1 Å². The van der Waals surface area contributed by atoms with Crippen LogP contribution in [0.5, 0.6) is 0 Å². The first kappa shape index (κ1) is 22.0. The van der Waals surface area contributed by atoms with E-state index in [0.29, 0.717) is 49.4 Å². The van der Waals surface area contributed by atoms with Gasteiger partial charge in [0.2, 0.25) is 17.7 Å². The molecule has 0 aliphatic carbocycles. The van der Waals surface area contributed by atoms with Gasteiger partial charge in [-0.25, -0.2) is 0 Å². The largest absolute Gasteiger partial charge is 0.361 e. The number of carbonyl (C=O) groups is 2. The molecule has 164 valence electrons. The van der Waals surface area contributed by atoms with Crippen molar-refractivity contribution in [1.29, 1.82) is 0 Å². The van der Waals surface area contributed by atoms with Gasteiger partial charge in [-0.05, 0) is 26.2 Å². The number of nitrogens with zero attached hydrogens (tertiary/aromatic N) is 5. The summed E-state index contributed by atoms with van der Waals surface area (Å²) in [6, 6.07) is -0.00171. The first-order chi connectivity index (χ1) is 14.2. The molecule has 1 aliphatic rings. The molecule has 9 heteroatoms. The SMILES string of the molecule is CC(=O)N(CCc1noc(CC(C)C)n1)C1CCN(C(=O)Cc2c(C)noc2C)C1. The van der Waals surface area contributed by atoms with E-state index in [9.17, 15) is 9.59 Å². The van der Waals surface area contributed by atoms with Crippen molar-refractivity contribution in [3.05, 3.63) is 28.7 Å². The molecular weight excluding hydrogens is 386 g/mol. The van der Waals surface area contributed by atoms with Crippen LogP contribution in [0.3, 0.4) is 0 Å². The maximum Gasteiger partial charge on any atom is 0.227 e. The first-order valence-electron chi connectivity index (χ1n) is 10.5. The summed E-state index contributed by atoms with van der Waals surface area (Å²) >= 11 is 0. The number of rotatable bonds is 8. The molecule has 2 amide bonds. The second-order valence-corrected chi connectivity index (χ2v) is 8.43. The summed E-state index contributed by atoms with van der Waals surface area (Å²) in [7, 11) is 0. The van der Waals surface area contributed by atoms with E-state index in [0.717, 1.165) is 24.1 Å². The Morgan fingerprint density at radius 1 is 1.23 bits per heavy atom. The Balaban J connectivity index is 1.56. The Morgan fingerprint density at radius 3 is 2.63 bits per heavy atom. The number of likely N-dealkylation sites (tertiary alicyclic amines) is 1. The van der Waals surface area contributed by atoms with Gasteiger partial charge in [0, 0.05) is 45.0 Å². The van der Waals surface area contributed by atoms with Gasteiger partial charge >= 0.3 is 0 Å². The van der Waals surface area contributed by atoms with Crippen LogP contribution in [-0.4, -0.2) is 62.6 Å². The summed E-state index contributed by atoms with van der Waals surface area (Å²) in [6.45, 7) is 11.1. The number of hydrogen-bond donors (Lipinski definition) is 0. The number of aromatic nitrogens is 3. The van der Waals surface area contributed by atoms with E-state index in [1.807, 2.05) is 23.6 Å². The van der Waals surface area contributed by atoms with Crippen molar-refractivity contribution in [2.45, 2.75) is 66.3 Å². The topological polar surface area (TPSA) is 106 Å². The first-order valence-corrected chi connectivity index (χ1v) is 10.5. The number of hydrogen-bond acceptors (Lipinski definition) is 7. The molecule has 1 unspecified atom stereocenters. The highest BCUT2D eigenvalue weighted by molar-refractivity contribution is 5.80. The average molecular weight is 418 g/mol. The fraction of sp³-hybridized carbons (Fsp3) is 0.667. The fourth-order valence-corrected chi connectivity index (χ4v) is 3.88. The van der Waals surface area contributed by atoms with Gasteiger partial charge in [0.05, 0.1) is 18.2 Å². The highest BCUT2D eigenvalue weighted by Crippen LogP contribution is 2.20. The minimum Gasteiger partial charge on any atom is -0.361 e. The van der Waals surface area contributed by atoms with E-state index in [1.54, 1.807) is 6.92 Å². The molecule has 2 aromatic rings. The number of carbonyl (C=O) groups excluding carboxylic acids is 2. The Morgan fingerprint density at radius 2 is 2.00 bits per heavy atom. The predicted octanol–water partition coefficient (Wildman–Crippen LogP) is 2.11. The Kier molecular flexibility index (Phi) is 6.89. The molecule has 1 atom stereocenters. The number of aryl methyl sites for hydroxylation is 2. The standard InChI is InChI=1S/C21H31N5O4/c1-13(2)10-20-22-19(24-30-20)7-9-26(16(5)27)17-6-8-25(12-17)21(28)11-18-14(3)23-29-15(18)4/h13,17H,6-12H2,1-5H3. The molecule has 1 fully saturated rings. The third kappa shape index (κ3) is 5.25. The van der Waals surface area contributed by atoms with Gasteiger partial charge in [-0.1, -0.05) is 24.2 Å². The third-order valence-corrected chi connectivity index (χ3v) is 5.54. The maximum atomic E-state index is 12.7. The molecule has 0 spiro atoms. The molecule has 3 heterocycles. The summed E-state index contributed by atoms with van der Waals surface area (Å²) in [5.41, 5.74) is 1.60. The molecule has 0 N–H and O–H groups in total. The van der Waals surface area contributed by atoms with E-state index in [2.05, 4.69) is 29.1 Å². The second kappa shape index (κ2) is 9.40.